The first-order valence-electron chi connectivity index (χ1n) is 5.02. The molecule has 0 radical (unpaired) electrons. The number of carbonyl (C=O) groups is 1. The molecule has 0 saturated carbocycles. The van der Waals surface area contributed by atoms with Crippen LogP contribution in [0.4, 0.5) is 0 Å². The average Bonchev–Trinajstić information content (AvgIpc) is 2.48. The van der Waals surface area contributed by atoms with E-state index in [1.54, 1.807) is 0 Å². The van der Waals surface area contributed by atoms with Gasteiger partial charge in [-0.05, 0) is 12.0 Å². The van der Waals surface area contributed by atoms with Gasteiger partial charge in [-0.1, -0.05) is 12.2 Å². The van der Waals surface area contributed by atoms with Crippen molar-refractivity contribution in [1.29, 1.82) is 0 Å². The van der Waals surface area contributed by atoms with Gasteiger partial charge in [0.15, 0.2) is 0 Å². The van der Waals surface area contributed by atoms with Crippen LogP contribution >= 0.6 is 0 Å². The number of likely N-dealkylation sites (N-methyl/N-ethyl adjacent to an activating group) is 2. The summed E-state index contributed by atoms with van der Waals surface area (Å²) in [5.41, 5.74) is 1.26. The lowest BCUT2D eigenvalue weighted by atomic mass is 10.0. The summed E-state index contributed by atoms with van der Waals surface area (Å²) in [6, 6.07) is 0.293. The minimum absolute atomic E-state index is 0.262. The van der Waals surface area contributed by atoms with Crippen LogP contribution in [-0.4, -0.2) is 42.4 Å². The Morgan fingerprint density at radius 2 is 2.21 bits per heavy atom. The molecule has 1 amide bonds. The van der Waals surface area contributed by atoms with E-state index >= 15 is 0 Å². The summed E-state index contributed by atoms with van der Waals surface area (Å²) in [5, 5.41) is 0. The van der Waals surface area contributed by atoms with Gasteiger partial charge in [-0.2, -0.15) is 0 Å². The maximum absolute atomic E-state index is 11.4. The minimum atomic E-state index is 0.262. The molecule has 76 valence electrons. The Labute approximate surface area is 84.7 Å². The first-order chi connectivity index (χ1) is 6.68. The van der Waals surface area contributed by atoms with E-state index in [4.69, 9.17) is 0 Å². The quantitative estimate of drug-likeness (QED) is 0.618. The molecule has 2 aliphatic rings. The third-order valence-corrected chi connectivity index (χ3v) is 2.95. The van der Waals surface area contributed by atoms with E-state index < -0.39 is 0 Å². The molecule has 1 atom stereocenters. The molecule has 0 bridgehead atoms. The molecule has 2 rings (SSSR count). The Morgan fingerprint density at radius 3 is 2.79 bits per heavy atom. The molecular formula is C11H16N2O. The fraction of sp³-hybridized carbons (Fsp3) is 0.545. The van der Waals surface area contributed by atoms with Gasteiger partial charge in [0.2, 0.25) is 5.91 Å². The van der Waals surface area contributed by atoms with E-state index in [2.05, 4.69) is 30.3 Å². The number of hydrogen-bond acceptors (Lipinski definition) is 2. The van der Waals surface area contributed by atoms with Crippen molar-refractivity contribution in [2.45, 2.75) is 18.9 Å². The van der Waals surface area contributed by atoms with Gasteiger partial charge in [0.05, 0.1) is 6.04 Å². The first-order valence-corrected chi connectivity index (χ1v) is 5.02. The molecule has 14 heavy (non-hydrogen) atoms. The van der Waals surface area contributed by atoms with Gasteiger partial charge in [-0.25, -0.2) is 0 Å². The van der Waals surface area contributed by atoms with Crippen LogP contribution in [0.15, 0.2) is 23.9 Å². The van der Waals surface area contributed by atoms with E-state index in [9.17, 15) is 4.79 Å². The van der Waals surface area contributed by atoms with Crippen molar-refractivity contribution in [2.75, 3.05) is 20.6 Å². The maximum atomic E-state index is 11.4. The van der Waals surface area contributed by atoms with Crippen LogP contribution in [0.2, 0.25) is 0 Å². The normalized spacial score (nSPS) is 27.1. The Morgan fingerprint density at radius 1 is 1.43 bits per heavy atom. The summed E-state index contributed by atoms with van der Waals surface area (Å²) < 4.78 is 0. The smallest absolute Gasteiger partial charge is 0.222 e. The second-order valence-electron chi connectivity index (χ2n) is 4.03. The van der Waals surface area contributed by atoms with Crippen molar-refractivity contribution in [3.05, 3.63) is 23.9 Å². The molecule has 1 saturated heterocycles. The Kier molecular flexibility index (Phi) is 2.32. The fourth-order valence-corrected chi connectivity index (χ4v) is 2.10. The second kappa shape index (κ2) is 3.48. The van der Waals surface area contributed by atoms with Crippen LogP contribution in [0.25, 0.3) is 0 Å². The van der Waals surface area contributed by atoms with Gasteiger partial charge in [0.25, 0.3) is 0 Å². The summed E-state index contributed by atoms with van der Waals surface area (Å²) in [6.45, 7) is 0.966. The maximum Gasteiger partial charge on any atom is 0.222 e. The zero-order valence-corrected chi connectivity index (χ0v) is 8.73. The highest BCUT2D eigenvalue weighted by Crippen LogP contribution is 2.25. The topological polar surface area (TPSA) is 23.6 Å². The van der Waals surface area contributed by atoms with Gasteiger partial charge >= 0.3 is 0 Å². The number of likely N-dealkylation sites (tertiary alicyclic amines) is 1. The predicted octanol–water partition coefficient (Wildman–Crippen LogP) is 0.993. The average molecular weight is 192 g/mol. The minimum Gasteiger partial charge on any atom is -0.376 e. The first kappa shape index (κ1) is 9.31. The van der Waals surface area contributed by atoms with Crippen LogP contribution in [0.1, 0.15) is 12.8 Å². The lowest BCUT2D eigenvalue weighted by molar-refractivity contribution is -0.127. The molecule has 2 heterocycles. The van der Waals surface area contributed by atoms with Crippen molar-refractivity contribution in [3.63, 3.8) is 0 Å². The molecule has 0 spiro atoms. The Bertz CT molecular complexity index is 306. The van der Waals surface area contributed by atoms with Crippen LogP contribution in [0.3, 0.4) is 0 Å². The molecule has 0 N–H and O–H groups in total. The number of hydrogen-bond donors (Lipinski definition) is 0. The van der Waals surface area contributed by atoms with E-state index in [-0.39, 0.29) is 5.91 Å². The molecule has 0 aromatic rings. The Hall–Kier alpha value is -1.25. The number of amides is 1. The highest BCUT2D eigenvalue weighted by molar-refractivity contribution is 5.79. The number of nitrogens with zero attached hydrogens (tertiary/aromatic N) is 2. The number of carbonyl (C=O) groups excluding carboxylic acids is 1. The number of rotatable bonds is 1. The zero-order valence-electron chi connectivity index (χ0n) is 8.73. The van der Waals surface area contributed by atoms with Gasteiger partial charge in [0, 0.05) is 33.3 Å². The SMILES string of the molecule is CN1C=C([C@@H]2CCC(=O)N2C)C=CC1. The summed E-state index contributed by atoms with van der Waals surface area (Å²) >= 11 is 0. The van der Waals surface area contributed by atoms with Crippen LogP contribution in [0, 0.1) is 0 Å². The molecule has 0 unspecified atom stereocenters. The van der Waals surface area contributed by atoms with E-state index in [1.807, 2.05) is 11.9 Å². The van der Waals surface area contributed by atoms with Crippen LogP contribution in [-0.2, 0) is 4.79 Å². The fourth-order valence-electron chi connectivity index (χ4n) is 2.10. The van der Waals surface area contributed by atoms with E-state index in [0.717, 1.165) is 13.0 Å². The monoisotopic (exact) mass is 192 g/mol. The molecule has 0 aromatic carbocycles. The van der Waals surface area contributed by atoms with E-state index in [0.29, 0.717) is 12.5 Å². The van der Waals surface area contributed by atoms with Crippen molar-refractivity contribution in [2.24, 2.45) is 0 Å². The second-order valence-corrected chi connectivity index (χ2v) is 4.03. The lowest BCUT2D eigenvalue weighted by Crippen LogP contribution is -2.31. The molecule has 3 heteroatoms. The van der Waals surface area contributed by atoms with Gasteiger partial charge < -0.3 is 9.80 Å². The van der Waals surface area contributed by atoms with Gasteiger partial charge in [-0.15, -0.1) is 0 Å². The predicted molar refractivity (Wildman–Crippen MR) is 55.6 cm³/mol. The summed E-state index contributed by atoms with van der Waals surface area (Å²) in [6.07, 6.45) is 8.07. The molecular weight excluding hydrogens is 176 g/mol. The Balaban J connectivity index is 2.16. The third-order valence-electron chi connectivity index (χ3n) is 2.95. The summed E-state index contributed by atoms with van der Waals surface area (Å²) in [7, 11) is 3.95. The van der Waals surface area contributed by atoms with Crippen molar-refractivity contribution < 1.29 is 4.79 Å². The van der Waals surface area contributed by atoms with Crippen molar-refractivity contribution in [1.82, 2.24) is 9.80 Å². The summed E-state index contributed by atoms with van der Waals surface area (Å²) in [5.74, 6) is 0.262. The summed E-state index contributed by atoms with van der Waals surface area (Å²) in [4.78, 5) is 15.4. The highest BCUT2D eigenvalue weighted by atomic mass is 16.2. The third kappa shape index (κ3) is 1.54. The molecule has 0 aromatic heterocycles. The van der Waals surface area contributed by atoms with E-state index in [1.165, 1.54) is 5.57 Å². The molecule has 3 nitrogen and oxygen atoms in total. The standard InChI is InChI=1S/C11H16N2O/c1-12-7-3-4-9(8-12)10-5-6-11(14)13(10)2/h3-4,8,10H,5-7H2,1-2H3/t10-/m0/s1. The molecule has 2 aliphatic heterocycles. The van der Waals surface area contributed by atoms with Gasteiger partial charge in [0.1, 0.15) is 0 Å². The van der Waals surface area contributed by atoms with Gasteiger partial charge in [-0.3, -0.25) is 4.79 Å². The van der Waals surface area contributed by atoms with Crippen LogP contribution in [0.5, 0.6) is 0 Å². The van der Waals surface area contributed by atoms with Crippen molar-refractivity contribution >= 4 is 5.91 Å². The molecule has 1 fully saturated rings. The van der Waals surface area contributed by atoms with Crippen molar-refractivity contribution in [3.8, 4) is 0 Å². The largest absolute Gasteiger partial charge is 0.376 e. The zero-order chi connectivity index (χ0) is 10.1. The highest BCUT2D eigenvalue weighted by Gasteiger charge is 2.29. The van der Waals surface area contributed by atoms with Crippen LogP contribution < -0.4 is 0 Å². The lowest BCUT2D eigenvalue weighted by Gasteiger charge is -2.25. The molecule has 0 aliphatic carbocycles.